The van der Waals surface area contributed by atoms with Gasteiger partial charge in [0, 0.05) is 11.2 Å². The molecule has 3 aromatic rings. The summed E-state index contributed by atoms with van der Waals surface area (Å²) in [5.41, 5.74) is 1.74. The average Bonchev–Trinajstić information content (AvgIpc) is 2.63. The van der Waals surface area contributed by atoms with Gasteiger partial charge in [-0.2, -0.15) is 0 Å². The van der Waals surface area contributed by atoms with Gasteiger partial charge in [-0.1, -0.05) is 53.5 Å². The Bertz CT molecular complexity index is 886. The van der Waals surface area contributed by atoms with E-state index in [0.29, 0.717) is 28.6 Å². The molecule has 0 radical (unpaired) electrons. The smallest absolute Gasteiger partial charge is 0.259 e. The molecule has 0 aliphatic heterocycles. The van der Waals surface area contributed by atoms with Crippen LogP contribution in [0.1, 0.15) is 15.9 Å². The van der Waals surface area contributed by atoms with Crippen molar-refractivity contribution in [3.8, 4) is 5.75 Å². The van der Waals surface area contributed by atoms with E-state index in [4.69, 9.17) is 27.9 Å². The van der Waals surface area contributed by atoms with Crippen LogP contribution >= 0.6 is 23.2 Å². The number of halogens is 2. The molecule has 0 saturated heterocycles. The number of hydrogen-bond acceptors (Lipinski definition) is 3. The Kier molecular flexibility index (Phi) is 5.53. The van der Waals surface area contributed by atoms with E-state index < -0.39 is 0 Å². The fraction of sp³-hybridized carbons (Fsp3) is 0.0526. The second-order valence-electron chi connectivity index (χ2n) is 5.21. The van der Waals surface area contributed by atoms with Crippen molar-refractivity contribution in [1.82, 2.24) is 4.98 Å². The zero-order valence-electron chi connectivity index (χ0n) is 13.1. The summed E-state index contributed by atoms with van der Waals surface area (Å²) in [7, 11) is 0. The lowest BCUT2D eigenvalue weighted by atomic mass is 10.1. The number of aromatic nitrogens is 1. The molecule has 0 atom stereocenters. The fourth-order valence-electron chi connectivity index (χ4n) is 2.21. The predicted octanol–water partition coefficient (Wildman–Crippen LogP) is 5.22. The summed E-state index contributed by atoms with van der Waals surface area (Å²) in [6.07, 6.45) is 1.55. The van der Waals surface area contributed by atoms with Gasteiger partial charge in [0.15, 0.2) is 5.15 Å². The third-order valence-corrected chi connectivity index (χ3v) is 3.97. The summed E-state index contributed by atoms with van der Waals surface area (Å²) in [4.78, 5) is 16.5. The topological polar surface area (TPSA) is 51.2 Å². The molecule has 1 aromatic heterocycles. The highest BCUT2D eigenvalue weighted by molar-refractivity contribution is 6.33. The number of nitrogens with zero attached hydrogens (tertiary/aromatic N) is 1. The van der Waals surface area contributed by atoms with Crippen molar-refractivity contribution in [3.05, 3.63) is 88.2 Å². The molecule has 0 aliphatic carbocycles. The highest BCUT2D eigenvalue weighted by atomic mass is 35.5. The van der Waals surface area contributed by atoms with E-state index in [1.165, 1.54) is 0 Å². The van der Waals surface area contributed by atoms with Crippen LogP contribution in [0.4, 0.5) is 5.69 Å². The summed E-state index contributed by atoms with van der Waals surface area (Å²) in [5.74, 6) is 0.0613. The standard InChI is InChI=1S/C19H14Cl2N2O2/c20-14-8-9-17(25-12-13-5-2-1-3-6-13)15(11-14)19(24)23-16-7-4-10-22-18(16)21/h1-11H,12H2,(H,23,24). The lowest BCUT2D eigenvalue weighted by Crippen LogP contribution is -2.14. The number of pyridine rings is 1. The minimum Gasteiger partial charge on any atom is -0.488 e. The predicted molar refractivity (Wildman–Crippen MR) is 99.4 cm³/mol. The second-order valence-corrected chi connectivity index (χ2v) is 6.01. The summed E-state index contributed by atoms with van der Waals surface area (Å²) in [5, 5.41) is 3.37. The van der Waals surface area contributed by atoms with E-state index in [1.807, 2.05) is 30.3 Å². The Morgan fingerprint density at radius 3 is 2.60 bits per heavy atom. The number of carbonyl (C=O) groups excluding carboxylic acids is 1. The first-order chi connectivity index (χ1) is 12.1. The van der Waals surface area contributed by atoms with Crippen molar-refractivity contribution in [3.63, 3.8) is 0 Å². The van der Waals surface area contributed by atoms with Crippen LogP contribution < -0.4 is 10.1 Å². The van der Waals surface area contributed by atoms with Crippen LogP contribution in [0.3, 0.4) is 0 Å². The van der Waals surface area contributed by atoms with Crippen LogP contribution in [-0.4, -0.2) is 10.9 Å². The summed E-state index contributed by atoms with van der Waals surface area (Å²) in [6, 6.07) is 18.0. The molecule has 0 fully saturated rings. The number of anilines is 1. The largest absolute Gasteiger partial charge is 0.488 e. The number of hydrogen-bond donors (Lipinski definition) is 1. The van der Waals surface area contributed by atoms with E-state index in [1.54, 1.807) is 36.5 Å². The molecule has 1 amide bonds. The first-order valence-electron chi connectivity index (χ1n) is 7.51. The molecular weight excluding hydrogens is 359 g/mol. The van der Waals surface area contributed by atoms with Crippen molar-refractivity contribution in [2.24, 2.45) is 0 Å². The summed E-state index contributed by atoms with van der Waals surface area (Å²) < 4.78 is 5.80. The first kappa shape index (κ1) is 17.3. The molecule has 25 heavy (non-hydrogen) atoms. The first-order valence-corrected chi connectivity index (χ1v) is 8.27. The van der Waals surface area contributed by atoms with Crippen LogP contribution in [-0.2, 0) is 6.61 Å². The van der Waals surface area contributed by atoms with Gasteiger partial charge in [0.1, 0.15) is 12.4 Å². The van der Waals surface area contributed by atoms with Gasteiger partial charge in [0.25, 0.3) is 5.91 Å². The number of benzene rings is 2. The minimum atomic E-state index is -0.375. The van der Waals surface area contributed by atoms with Crippen molar-refractivity contribution >= 4 is 34.8 Å². The Morgan fingerprint density at radius 1 is 1.04 bits per heavy atom. The minimum absolute atomic E-state index is 0.213. The lowest BCUT2D eigenvalue weighted by molar-refractivity contribution is 0.102. The van der Waals surface area contributed by atoms with Gasteiger partial charge >= 0.3 is 0 Å². The van der Waals surface area contributed by atoms with Crippen molar-refractivity contribution in [2.45, 2.75) is 6.61 Å². The Balaban J connectivity index is 1.81. The number of carbonyl (C=O) groups is 1. The van der Waals surface area contributed by atoms with Gasteiger partial charge in [-0.15, -0.1) is 0 Å². The number of rotatable bonds is 5. The number of ether oxygens (including phenoxy) is 1. The summed E-state index contributed by atoms with van der Waals surface area (Å²) >= 11 is 12.0. The van der Waals surface area contributed by atoms with Crippen LogP contribution in [0.25, 0.3) is 0 Å². The van der Waals surface area contributed by atoms with Gasteiger partial charge < -0.3 is 10.1 Å². The molecule has 3 rings (SSSR count). The lowest BCUT2D eigenvalue weighted by Gasteiger charge is -2.13. The van der Waals surface area contributed by atoms with Crippen molar-refractivity contribution < 1.29 is 9.53 Å². The van der Waals surface area contributed by atoms with E-state index in [-0.39, 0.29) is 11.1 Å². The summed E-state index contributed by atoms with van der Waals surface area (Å²) in [6.45, 7) is 0.344. The number of amides is 1. The van der Waals surface area contributed by atoms with Gasteiger partial charge in [0.2, 0.25) is 0 Å². The van der Waals surface area contributed by atoms with Gasteiger partial charge in [-0.05, 0) is 35.9 Å². The number of nitrogens with one attached hydrogen (secondary N) is 1. The highest BCUT2D eigenvalue weighted by Crippen LogP contribution is 2.26. The van der Waals surface area contributed by atoms with Crippen LogP contribution in [0.15, 0.2) is 66.9 Å². The molecule has 6 heteroatoms. The van der Waals surface area contributed by atoms with E-state index >= 15 is 0 Å². The fourth-order valence-corrected chi connectivity index (χ4v) is 2.55. The van der Waals surface area contributed by atoms with E-state index in [9.17, 15) is 4.79 Å². The zero-order chi connectivity index (χ0) is 17.6. The molecule has 0 aliphatic rings. The molecule has 126 valence electrons. The molecule has 0 saturated carbocycles. The quantitative estimate of drug-likeness (QED) is 0.624. The molecular formula is C19H14Cl2N2O2. The monoisotopic (exact) mass is 372 g/mol. The Hall–Kier alpha value is -2.56. The SMILES string of the molecule is O=C(Nc1cccnc1Cl)c1cc(Cl)ccc1OCc1ccccc1. The van der Waals surface area contributed by atoms with Crippen molar-refractivity contribution in [2.75, 3.05) is 5.32 Å². The second kappa shape index (κ2) is 8.01. The maximum atomic E-state index is 12.6. The highest BCUT2D eigenvalue weighted by Gasteiger charge is 2.15. The molecule has 0 spiro atoms. The zero-order valence-corrected chi connectivity index (χ0v) is 14.6. The molecule has 2 aromatic carbocycles. The maximum absolute atomic E-state index is 12.6. The molecule has 1 N–H and O–H groups in total. The van der Waals surface area contributed by atoms with Crippen LogP contribution in [0.2, 0.25) is 10.2 Å². The van der Waals surface area contributed by atoms with E-state index in [0.717, 1.165) is 5.56 Å². The third kappa shape index (κ3) is 4.50. The average molecular weight is 373 g/mol. The van der Waals surface area contributed by atoms with Crippen LogP contribution in [0.5, 0.6) is 5.75 Å². The van der Waals surface area contributed by atoms with Crippen LogP contribution in [0, 0.1) is 0 Å². The molecule has 4 nitrogen and oxygen atoms in total. The van der Waals surface area contributed by atoms with Gasteiger partial charge in [-0.25, -0.2) is 4.98 Å². The Morgan fingerprint density at radius 2 is 1.84 bits per heavy atom. The third-order valence-electron chi connectivity index (χ3n) is 3.43. The normalized spacial score (nSPS) is 10.3. The molecule has 1 heterocycles. The van der Waals surface area contributed by atoms with Gasteiger partial charge in [0.05, 0.1) is 11.3 Å². The molecule has 0 bridgehead atoms. The van der Waals surface area contributed by atoms with E-state index in [2.05, 4.69) is 10.3 Å². The maximum Gasteiger partial charge on any atom is 0.259 e. The molecule has 0 unspecified atom stereocenters. The Labute approximate surface area is 155 Å². The van der Waals surface area contributed by atoms with Crippen molar-refractivity contribution in [1.29, 1.82) is 0 Å². The van der Waals surface area contributed by atoms with Gasteiger partial charge in [-0.3, -0.25) is 4.79 Å².